The van der Waals surface area contributed by atoms with E-state index >= 15 is 0 Å². The first-order chi connectivity index (χ1) is 12.2. The largest absolute Gasteiger partial charge is 0.461 e. The highest BCUT2D eigenvalue weighted by Crippen LogP contribution is 2.14. The summed E-state index contributed by atoms with van der Waals surface area (Å²) < 4.78 is 5.28. The second-order valence-electron chi connectivity index (χ2n) is 5.78. The zero-order valence-electron chi connectivity index (χ0n) is 14.6. The molecule has 0 saturated carbocycles. The number of furan rings is 1. The Hall–Kier alpha value is -2.11. The molecule has 142 valence electrons. The van der Waals surface area contributed by atoms with Crippen LogP contribution < -0.4 is 16.0 Å². The van der Waals surface area contributed by atoms with Gasteiger partial charge in [0, 0.05) is 38.5 Å². The van der Waals surface area contributed by atoms with Crippen LogP contribution in [0.1, 0.15) is 25.6 Å². The van der Waals surface area contributed by atoms with Crippen LogP contribution in [-0.4, -0.2) is 52.7 Å². The van der Waals surface area contributed by atoms with Crippen molar-refractivity contribution in [3.05, 3.63) is 24.2 Å². The highest BCUT2D eigenvalue weighted by molar-refractivity contribution is 14.0. The van der Waals surface area contributed by atoms with Crippen molar-refractivity contribution in [2.75, 3.05) is 19.6 Å². The van der Waals surface area contributed by atoms with Crippen molar-refractivity contribution in [2.24, 2.45) is 4.99 Å². The minimum absolute atomic E-state index is 0. The van der Waals surface area contributed by atoms with Crippen molar-refractivity contribution in [2.45, 2.75) is 32.2 Å². The smallest absolute Gasteiger partial charge is 0.220 e. The van der Waals surface area contributed by atoms with Gasteiger partial charge in [-0.25, -0.2) is 4.98 Å². The Balaban J connectivity index is 0.00000243. The number of guanidine groups is 1. The van der Waals surface area contributed by atoms with Gasteiger partial charge in [-0.15, -0.1) is 24.0 Å². The molecule has 1 amide bonds. The first kappa shape index (κ1) is 20.2. The summed E-state index contributed by atoms with van der Waals surface area (Å²) in [6.45, 7) is 3.99. The van der Waals surface area contributed by atoms with Gasteiger partial charge in [0.05, 0.1) is 6.26 Å². The van der Waals surface area contributed by atoms with Crippen LogP contribution in [0, 0.1) is 0 Å². The van der Waals surface area contributed by atoms with E-state index in [4.69, 9.17) is 4.42 Å². The van der Waals surface area contributed by atoms with Crippen molar-refractivity contribution < 1.29 is 9.21 Å². The molecule has 9 nitrogen and oxygen atoms in total. The van der Waals surface area contributed by atoms with E-state index in [1.54, 1.807) is 12.3 Å². The number of hydrogen-bond acceptors (Lipinski definition) is 5. The Bertz CT molecular complexity index is 704. The summed E-state index contributed by atoms with van der Waals surface area (Å²) in [5.41, 5.74) is 0. The van der Waals surface area contributed by atoms with Crippen molar-refractivity contribution in [3.8, 4) is 11.6 Å². The Morgan fingerprint density at radius 1 is 1.50 bits per heavy atom. The van der Waals surface area contributed by atoms with Crippen LogP contribution in [0.25, 0.3) is 11.6 Å². The number of carbonyl (C=O) groups excluding carboxylic acids is 1. The lowest BCUT2D eigenvalue weighted by Gasteiger charge is -2.25. The number of H-pyrrole nitrogens is 1. The van der Waals surface area contributed by atoms with Crippen LogP contribution in [-0.2, 0) is 11.2 Å². The molecular weight excluding hydrogens is 449 g/mol. The average molecular weight is 473 g/mol. The van der Waals surface area contributed by atoms with Crippen LogP contribution in [0.4, 0.5) is 0 Å². The number of aromatic amines is 1. The van der Waals surface area contributed by atoms with E-state index in [2.05, 4.69) is 36.1 Å². The number of aliphatic imine (C=N–C) groups is 1. The minimum Gasteiger partial charge on any atom is -0.461 e. The molecule has 1 aliphatic rings. The second kappa shape index (κ2) is 10.1. The molecule has 4 N–H and O–H groups in total. The summed E-state index contributed by atoms with van der Waals surface area (Å²) >= 11 is 0. The lowest BCUT2D eigenvalue weighted by Crippen LogP contribution is -2.51. The van der Waals surface area contributed by atoms with Gasteiger partial charge >= 0.3 is 0 Å². The predicted molar refractivity (Wildman–Crippen MR) is 108 cm³/mol. The molecule has 1 unspecified atom stereocenters. The van der Waals surface area contributed by atoms with Crippen LogP contribution in [0.3, 0.4) is 0 Å². The van der Waals surface area contributed by atoms with Crippen LogP contribution in [0.2, 0.25) is 0 Å². The topological polar surface area (TPSA) is 120 Å². The molecule has 0 aromatic carbocycles. The summed E-state index contributed by atoms with van der Waals surface area (Å²) in [5, 5.41) is 16.5. The maximum Gasteiger partial charge on any atom is 0.220 e. The lowest BCUT2D eigenvalue weighted by molar-refractivity contribution is -0.122. The van der Waals surface area contributed by atoms with Gasteiger partial charge in [0.1, 0.15) is 5.82 Å². The maximum absolute atomic E-state index is 11.2. The number of nitrogens with zero attached hydrogens (tertiary/aromatic N) is 3. The fourth-order valence-corrected chi connectivity index (χ4v) is 2.57. The van der Waals surface area contributed by atoms with Gasteiger partial charge in [-0.1, -0.05) is 0 Å². The summed E-state index contributed by atoms with van der Waals surface area (Å²) in [6.07, 6.45) is 3.60. The molecule has 26 heavy (non-hydrogen) atoms. The molecule has 1 fully saturated rings. The SMILES string of the molecule is CCNC(=NCCc1nc(-c2ccco2)n[nH]1)NC1CCC(=O)NC1.I. The van der Waals surface area contributed by atoms with Gasteiger partial charge in [-0.2, -0.15) is 5.10 Å². The molecule has 0 spiro atoms. The fourth-order valence-electron chi connectivity index (χ4n) is 2.57. The van der Waals surface area contributed by atoms with Gasteiger partial charge < -0.3 is 20.4 Å². The van der Waals surface area contributed by atoms with Gasteiger partial charge in [0.25, 0.3) is 0 Å². The van der Waals surface area contributed by atoms with Crippen molar-refractivity contribution in [1.82, 2.24) is 31.1 Å². The van der Waals surface area contributed by atoms with Crippen molar-refractivity contribution in [3.63, 3.8) is 0 Å². The number of amides is 1. The van der Waals surface area contributed by atoms with Crippen molar-refractivity contribution >= 4 is 35.8 Å². The molecule has 3 rings (SSSR count). The Kier molecular flexibility index (Phi) is 7.88. The molecule has 0 aliphatic carbocycles. The highest BCUT2D eigenvalue weighted by Gasteiger charge is 2.18. The minimum atomic E-state index is 0. The van der Waals surface area contributed by atoms with Crippen LogP contribution >= 0.6 is 24.0 Å². The standard InChI is InChI=1S/C16H23N7O2.HI/c1-2-17-16(20-11-5-6-14(24)19-10-11)18-8-7-13-21-15(23-22-13)12-4-3-9-25-12;/h3-4,9,11H,2,5-8,10H2,1H3,(H,19,24)(H2,17,18,20)(H,21,22,23);1H. The quantitative estimate of drug-likeness (QED) is 0.283. The van der Waals surface area contributed by atoms with E-state index in [0.717, 1.165) is 24.7 Å². The predicted octanol–water partition coefficient (Wildman–Crippen LogP) is 1.06. The van der Waals surface area contributed by atoms with Crippen LogP contribution in [0.15, 0.2) is 27.8 Å². The van der Waals surface area contributed by atoms with E-state index in [9.17, 15) is 4.79 Å². The molecule has 2 aromatic rings. The summed E-state index contributed by atoms with van der Waals surface area (Å²) in [4.78, 5) is 20.2. The van der Waals surface area contributed by atoms with E-state index in [-0.39, 0.29) is 35.9 Å². The van der Waals surface area contributed by atoms with E-state index in [0.29, 0.717) is 37.5 Å². The normalized spacial score (nSPS) is 17.3. The van der Waals surface area contributed by atoms with Gasteiger partial charge in [-0.3, -0.25) is 14.9 Å². The van der Waals surface area contributed by atoms with E-state index in [1.165, 1.54) is 0 Å². The Morgan fingerprint density at radius 3 is 3.08 bits per heavy atom. The molecule has 1 aliphatic heterocycles. The van der Waals surface area contributed by atoms with E-state index < -0.39 is 0 Å². The molecule has 2 aromatic heterocycles. The molecule has 10 heteroatoms. The van der Waals surface area contributed by atoms with Gasteiger partial charge in [-0.05, 0) is 25.5 Å². The third kappa shape index (κ3) is 5.71. The highest BCUT2D eigenvalue weighted by atomic mass is 127. The monoisotopic (exact) mass is 473 g/mol. The number of carbonyl (C=O) groups is 1. The summed E-state index contributed by atoms with van der Waals surface area (Å²) in [6, 6.07) is 3.82. The summed E-state index contributed by atoms with van der Waals surface area (Å²) in [7, 11) is 0. The first-order valence-electron chi connectivity index (χ1n) is 8.51. The third-order valence-corrected chi connectivity index (χ3v) is 3.84. The molecule has 1 atom stereocenters. The Morgan fingerprint density at radius 2 is 2.38 bits per heavy atom. The zero-order chi connectivity index (χ0) is 17.5. The molecule has 1 saturated heterocycles. The average Bonchev–Trinajstić information content (AvgIpc) is 3.28. The van der Waals surface area contributed by atoms with E-state index in [1.807, 2.05) is 13.0 Å². The molecule has 3 heterocycles. The van der Waals surface area contributed by atoms with Gasteiger partial charge in [0.15, 0.2) is 11.7 Å². The maximum atomic E-state index is 11.2. The zero-order valence-corrected chi connectivity index (χ0v) is 16.9. The number of hydrogen-bond donors (Lipinski definition) is 4. The molecule has 0 bridgehead atoms. The fraction of sp³-hybridized carbons (Fsp3) is 0.500. The van der Waals surface area contributed by atoms with Gasteiger partial charge in [0.2, 0.25) is 11.7 Å². The lowest BCUT2D eigenvalue weighted by atomic mass is 10.1. The third-order valence-electron chi connectivity index (χ3n) is 3.84. The number of halogens is 1. The Labute approximate surface area is 168 Å². The number of piperidine rings is 1. The summed E-state index contributed by atoms with van der Waals surface area (Å²) in [5.74, 6) is 2.80. The number of nitrogens with one attached hydrogen (secondary N) is 4. The first-order valence-corrected chi connectivity index (χ1v) is 8.51. The number of rotatable bonds is 6. The second-order valence-corrected chi connectivity index (χ2v) is 5.78. The van der Waals surface area contributed by atoms with Crippen molar-refractivity contribution in [1.29, 1.82) is 0 Å². The molecular formula is C16H24IN7O2. The number of aromatic nitrogens is 3. The molecule has 0 radical (unpaired) electrons. The van der Waals surface area contributed by atoms with Crippen LogP contribution in [0.5, 0.6) is 0 Å².